The van der Waals surface area contributed by atoms with E-state index < -0.39 is 6.17 Å². The lowest BCUT2D eigenvalue weighted by Crippen LogP contribution is -2.36. The van der Waals surface area contributed by atoms with Crippen molar-refractivity contribution in [3.63, 3.8) is 0 Å². The van der Waals surface area contributed by atoms with Gasteiger partial charge in [-0.15, -0.1) is 0 Å². The Morgan fingerprint density at radius 2 is 2.00 bits per heavy atom. The Morgan fingerprint density at radius 1 is 1.23 bits per heavy atom. The average Bonchev–Trinajstić information content (AvgIpc) is 2.20. The summed E-state index contributed by atoms with van der Waals surface area (Å²) in [6, 6.07) is 9.96. The number of hydrogen-bond donors (Lipinski definition) is 1. The summed E-state index contributed by atoms with van der Waals surface area (Å²) in [5.74, 6) is 0.0995. The predicted molar refractivity (Wildman–Crippen MR) is 51.6 cm³/mol. The van der Waals surface area contributed by atoms with Crippen LogP contribution in [0.3, 0.4) is 0 Å². The number of rotatable bonds is 1. The second-order valence-electron chi connectivity index (χ2n) is 3.53. The van der Waals surface area contributed by atoms with E-state index in [-0.39, 0.29) is 5.92 Å². The molecular weight excluding hydrogens is 165 g/mol. The number of hydrogen-bond acceptors (Lipinski definition) is 1. The van der Waals surface area contributed by atoms with Crippen LogP contribution < -0.4 is 5.32 Å². The maximum atomic E-state index is 13.5. The summed E-state index contributed by atoms with van der Waals surface area (Å²) in [4.78, 5) is 0. The van der Waals surface area contributed by atoms with Gasteiger partial charge in [-0.1, -0.05) is 30.3 Å². The van der Waals surface area contributed by atoms with Gasteiger partial charge >= 0.3 is 0 Å². The van der Waals surface area contributed by atoms with Gasteiger partial charge < -0.3 is 5.32 Å². The first kappa shape index (κ1) is 8.70. The molecule has 1 aromatic rings. The second kappa shape index (κ2) is 3.88. The van der Waals surface area contributed by atoms with Crippen molar-refractivity contribution >= 4 is 0 Å². The normalized spacial score (nSPS) is 28.7. The van der Waals surface area contributed by atoms with Crippen LogP contribution in [0.15, 0.2) is 30.3 Å². The van der Waals surface area contributed by atoms with Gasteiger partial charge in [-0.05, 0) is 18.5 Å². The minimum Gasteiger partial charge on any atom is -0.314 e. The first-order chi connectivity index (χ1) is 6.38. The van der Waals surface area contributed by atoms with E-state index in [2.05, 4.69) is 5.32 Å². The third-order valence-corrected chi connectivity index (χ3v) is 2.64. The highest BCUT2D eigenvalue weighted by molar-refractivity contribution is 5.21. The largest absolute Gasteiger partial charge is 0.314 e. The van der Waals surface area contributed by atoms with Gasteiger partial charge in [0.2, 0.25) is 0 Å². The topological polar surface area (TPSA) is 12.0 Å². The Hall–Kier alpha value is -0.890. The Kier molecular flexibility index (Phi) is 2.60. The molecule has 0 amide bonds. The molecule has 0 radical (unpaired) electrons. The average molecular weight is 179 g/mol. The summed E-state index contributed by atoms with van der Waals surface area (Å²) in [5, 5.41) is 3.06. The molecule has 2 rings (SSSR count). The Labute approximate surface area is 78.0 Å². The van der Waals surface area contributed by atoms with E-state index in [1.165, 1.54) is 0 Å². The first-order valence-corrected chi connectivity index (χ1v) is 4.77. The highest BCUT2D eigenvalue weighted by Gasteiger charge is 2.25. The van der Waals surface area contributed by atoms with Crippen molar-refractivity contribution in [2.24, 2.45) is 0 Å². The number of alkyl halides is 1. The lowest BCUT2D eigenvalue weighted by molar-refractivity contribution is 0.231. The van der Waals surface area contributed by atoms with E-state index in [9.17, 15) is 4.39 Å². The molecule has 0 aromatic heterocycles. The van der Waals surface area contributed by atoms with Crippen LogP contribution in [0.4, 0.5) is 4.39 Å². The fourth-order valence-electron chi connectivity index (χ4n) is 1.90. The van der Waals surface area contributed by atoms with Crippen molar-refractivity contribution in [1.29, 1.82) is 0 Å². The number of benzene rings is 1. The van der Waals surface area contributed by atoms with Crippen molar-refractivity contribution < 1.29 is 4.39 Å². The summed E-state index contributed by atoms with van der Waals surface area (Å²) >= 11 is 0. The summed E-state index contributed by atoms with van der Waals surface area (Å²) in [6.07, 6.45) is 0.182. The van der Waals surface area contributed by atoms with Crippen LogP contribution in [0.25, 0.3) is 0 Å². The number of halogens is 1. The predicted octanol–water partition coefficient (Wildman–Crippen LogP) is 2.10. The highest BCUT2D eigenvalue weighted by atomic mass is 19.1. The number of piperidine rings is 1. The van der Waals surface area contributed by atoms with E-state index in [0.717, 1.165) is 18.5 Å². The molecule has 1 aliphatic heterocycles. The fourth-order valence-corrected chi connectivity index (χ4v) is 1.90. The summed E-state index contributed by atoms with van der Waals surface area (Å²) in [6.45, 7) is 1.43. The minimum absolute atomic E-state index is 0.0995. The summed E-state index contributed by atoms with van der Waals surface area (Å²) in [5.41, 5.74) is 1.14. The third kappa shape index (κ3) is 1.89. The fraction of sp³-hybridized carbons (Fsp3) is 0.455. The van der Waals surface area contributed by atoms with Gasteiger partial charge in [0.1, 0.15) is 6.17 Å². The molecule has 0 unspecified atom stereocenters. The zero-order valence-corrected chi connectivity index (χ0v) is 7.54. The maximum Gasteiger partial charge on any atom is 0.119 e. The van der Waals surface area contributed by atoms with Gasteiger partial charge in [-0.25, -0.2) is 4.39 Å². The smallest absolute Gasteiger partial charge is 0.119 e. The molecule has 1 aliphatic rings. The molecule has 2 atom stereocenters. The molecule has 1 aromatic carbocycles. The Bertz CT molecular complexity index is 260. The number of nitrogens with one attached hydrogen (secondary N) is 1. The lowest BCUT2D eigenvalue weighted by atomic mass is 9.89. The molecule has 70 valence electrons. The molecule has 0 bridgehead atoms. The molecule has 2 heteroatoms. The molecule has 0 saturated carbocycles. The SMILES string of the molecule is F[C@H]1CNCC[C@@H]1c1ccccc1. The van der Waals surface area contributed by atoms with Gasteiger partial charge in [0, 0.05) is 12.5 Å². The van der Waals surface area contributed by atoms with Crippen LogP contribution in [-0.2, 0) is 0 Å². The zero-order chi connectivity index (χ0) is 9.10. The summed E-state index contributed by atoms with van der Waals surface area (Å²) < 4.78 is 13.5. The van der Waals surface area contributed by atoms with E-state index >= 15 is 0 Å². The first-order valence-electron chi connectivity index (χ1n) is 4.77. The van der Waals surface area contributed by atoms with Crippen LogP contribution in [0.1, 0.15) is 17.9 Å². The van der Waals surface area contributed by atoms with Crippen LogP contribution in [0, 0.1) is 0 Å². The van der Waals surface area contributed by atoms with E-state index in [1.807, 2.05) is 30.3 Å². The molecule has 1 saturated heterocycles. The molecule has 1 heterocycles. The van der Waals surface area contributed by atoms with E-state index in [1.54, 1.807) is 0 Å². The van der Waals surface area contributed by atoms with E-state index in [0.29, 0.717) is 6.54 Å². The Morgan fingerprint density at radius 3 is 2.69 bits per heavy atom. The van der Waals surface area contributed by atoms with Crippen LogP contribution >= 0.6 is 0 Å². The molecule has 1 fully saturated rings. The lowest BCUT2D eigenvalue weighted by Gasteiger charge is -2.26. The van der Waals surface area contributed by atoms with Crippen molar-refractivity contribution in [2.45, 2.75) is 18.5 Å². The maximum absolute atomic E-state index is 13.5. The quantitative estimate of drug-likeness (QED) is 0.696. The molecule has 0 aliphatic carbocycles. The third-order valence-electron chi connectivity index (χ3n) is 2.64. The monoisotopic (exact) mass is 179 g/mol. The Balaban J connectivity index is 2.15. The van der Waals surface area contributed by atoms with Crippen molar-refractivity contribution in [2.75, 3.05) is 13.1 Å². The molecule has 1 N–H and O–H groups in total. The molecular formula is C11H14FN. The van der Waals surface area contributed by atoms with Gasteiger partial charge in [0.25, 0.3) is 0 Å². The van der Waals surface area contributed by atoms with Crippen molar-refractivity contribution in [3.8, 4) is 0 Å². The zero-order valence-electron chi connectivity index (χ0n) is 7.54. The van der Waals surface area contributed by atoms with Gasteiger partial charge in [-0.3, -0.25) is 0 Å². The van der Waals surface area contributed by atoms with Crippen molar-refractivity contribution in [1.82, 2.24) is 5.32 Å². The van der Waals surface area contributed by atoms with Crippen LogP contribution in [0.2, 0.25) is 0 Å². The van der Waals surface area contributed by atoms with Crippen LogP contribution in [-0.4, -0.2) is 19.3 Å². The highest BCUT2D eigenvalue weighted by Crippen LogP contribution is 2.27. The minimum atomic E-state index is -0.726. The summed E-state index contributed by atoms with van der Waals surface area (Å²) in [7, 11) is 0. The second-order valence-corrected chi connectivity index (χ2v) is 3.53. The van der Waals surface area contributed by atoms with Crippen LogP contribution in [0.5, 0.6) is 0 Å². The standard InChI is InChI=1S/C11H14FN/c12-11-8-13-7-6-10(11)9-4-2-1-3-5-9/h1-5,10-11,13H,6-8H2/t10-,11+/m1/s1. The van der Waals surface area contributed by atoms with Crippen molar-refractivity contribution in [3.05, 3.63) is 35.9 Å². The molecule has 13 heavy (non-hydrogen) atoms. The molecule has 1 nitrogen and oxygen atoms in total. The van der Waals surface area contributed by atoms with E-state index in [4.69, 9.17) is 0 Å². The van der Waals surface area contributed by atoms with Gasteiger partial charge in [-0.2, -0.15) is 0 Å². The van der Waals surface area contributed by atoms with Gasteiger partial charge in [0.15, 0.2) is 0 Å². The van der Waals surface area contributed by atoms with Gasteiger partial charge in [0.05, 0.1) is 0 Å². The molecule has 0 spiro atoms.